The molecule has 1 atom stereocenters. The van der Waals surface area contributed by atoms with Crippen molar-refractivity contribution in [3.05, 3.63) is 59.4 Å². The Hall–Kier alpha value is -1.25. The largest absolute Gasteiger partial charge is 0.428 e. The quantitative estimate of drug-likeness (QED) is 0.501. The van der Waals surface area contributed by atoms with Gasteiger partial charge in [0.15, 0.2) is 0 Å². The average Bonchev–Trinajstić information content (AvgIpc) is 2.49. The maximum Gasteiger partial charge on any atom is 0.348 e. The summed E-state index contributed by atoms with van der Waals surface area (Å²) in [6, 6.07) is 0. The van der Waals surface area contributed by atoms with Crippen LogP contribution in [-0.2, 0) is 9.53 Å². The summed E-state index contributed by atoms with van der Waals surface area (Å²) < 4.78 is 3.64. The van der Waals surface area contributed by atoms with Crippen LogP contribution in [0.25, 0.3) is 0 Å². The van der Waals surface area contributed by atoms with Gasteiger partial charge in [-0.3, -0.25) is 0 Å². The van der Waals surface area contributed by atoms with Crippen molar-refractivity contribution < 1.29 is 9.53 Å². The fourth-order valence-electron chi connectivity index (χ4n) is 2.37. The van der Waals surface area contributed by atoms with Gasteiger partial charge in [-0.2, -0.15) is 0 Å². The Kier molecular flexibility index (Phi) is 2.72. The third kappa shape index (κ3) is 1.76. The third-order valence-corrected chi connectivity index (χ3v) is 3.96. The van der Waals surface area contributed by atoms with E-state index in [4.69, 9.17) is 27.9 Å². The molecule has 1 fully saturated rings. The van der Waals surface area contributed by atoms with Gasteiger partial charge < -0.3 is 4.74 Å². The molecule has 0 saturated carbocycles. The van der Waals surface area contributed by atoms with Crippen molar-refractivity contribution in [2.45, 2.75) is 10.8 Å². The number of esters is 1. The summed E-state index contributed by atoms with van der Waals surface area (Å²) in [6.45, 7) is 0. The first kappa shape index (κ1) is 11.8. The lowest BCUT2D eigenvalue weighted by atomic mass is 9.88. The maximum atomic E-state index is 11.7. The van der Waals surface area contributed by atoms with Crippen molar-refractivity contribution >= 4 is 29.2 Å². The van der Waals surface area contributed by atoms with E-state index in [1.807, 2.05) is 36.5 Å². The summed E-state index contributed by atoms with van der Waals surface area (Å²) in [4.78, 5) is 11.7. The SMILES string of the molecule is O=C1O/C2=C/C=C\C3=CC=CC=C(C3)C2C1(Cl)Cl. The van der Waals surface area contributed by atoms with Crippen LogP contribution in [0.4, 0.5) is 0 Å². The lowest BCUT2D eigenvalue weighted by Crippen LogP contribution is -2.29. The highest BCUT2D eigenvalue weighted by molar-refractivity contribution is 6.58. The van der Waals surface area contributed by atoms with Crippen LogP contribution in [0.1, 0.15) is 6.42 Å². The van der Waals surface area contributed by atoms with Gasteiger partial charge in [0.05, 0.1) is 5.92 Å². The Morgan fingerprint density at radius 2 is 1.94 bits per heavy atom. The molecule has 92 valence electrons. The number of alkyl halides is 2. The third-order valence-electron chi connectivity index (χ3n) is 3.21. The van der Waals surface area contributed by atoms with Crippen LogP contribution in [0, 0.1) is 5.92 Å². The second-order valence-electron chi connectivity index (χ2n) is 4.42. The van der Waals surface area contributed by atoms with Gasteiger partial charge in [-0.25, -0.2) is 4.79 Å². The van der Waals surface area contributed by atoms with Crippen molar-refractivity contribution in [1.29, 1.82) is 0 Å². The first-order valence-electron chi connectivity index (χ1n) is 5.63. The number of carbonyl (C=O) groups excluding carboxylic acids is 1. The van der Waals surface area contributed by atoms with Gasteiger partial charge in [0.2, 0.25) is 4.33 Å². The lowest BCUT2D eigenvalue weighted by Gasteiger charge is -2.22. The molecule has 0 spiro atoms. The van der Waals surface area contributed by atoms with Gasteiger partial charge in [0.25, 0.3) is 0 Å². The molecule has 0 aromatic heterocycles. The summed E-state index contributed by atoms with van der Waals surface area (Å²) in [7, 11) is 0. The number of halogens is 2. The van der Waals surface area contributed by atoms with Gasteiger partial charge in [-0.1, -0.05) is 65.2 Å². The zero-order valence-electron chi connectivity index (χ0n) is 9.40. The molecule has 0 amide bonds. The second-order valence-corrected chi connectivity index (χ2v) is 5.80. The summed E-state index contributed by atoms with van der Waals surface area (Å²) in [6.07, 6.45) is 14.2. The van der Waals surface area contributed by atoms with Crippen molar-refractivity contribution in [2.75, 3.05) is 0 Å². The standard InChI is InChI=1S/C14H10Cl2O2/c15-14(16)12-10-6-2-1-4-9(8-10)5-3-7-11(12)18-13(14)17/h1-7,12H,8H2/b5-3-,11-7+. The average molecular weight is 281 g/mol. The molecule has 1 heterocycles. The van der Waals surface area contributed by atoms with Crippen molar-refractivity contribution in [3.63, 3.8) is 0 Å². The van der Waals surface area contributed by atoms with Gasteiger partial charge >= 0.3 is 5.97 Å². The Bertz CT molecular complexity index is 562. The minimum atomic E-state index is -1.54. The molecule has 1 saturated heterocycles. The van der Waals surface area contributed by atoms with Crippen LogP contribution in [0.5, 0.6) is 0 Å². The Morgan fingerprint density at radius 3 is 2.78 bits per heavy atom. The van der Waals surface area contributed by atoms with Crippen LogP contribution < -0.4 is 0 Å². The van der Waals surface area contributed by atoms with E-state index >= 15 is 0 Å². The van der Waals surface area contributed by atoms with E-state index in [2.05, 4.69) is 0 Å². The van der Waals surface area contributed by atoms with E-state index in [1.54, 1.807) is 6.08 Å². The number of rotatable bonds is 0. The number of allylic oxidation sites excluding steroid dienone is 9. The van der Waals surface area contributed by atoms with Gasteiger partial charge in [-0.05, 0) is 18.1 Å². The number of hydrogen-bond acceptors (Lipinski definition) is 2. The van der Waals surface area contributed by atoms with Crippen LogP contribution in [0.3, 0.4) is 0 Å². The van der Waals surface area contributed by atoms with Crippen molar-refractivity contribution in [1.82, 2.24) is 0 Å². The Balaban J connectivity index is 2.16. The molecule has 4 heteroatoms. The highest BCUT2D eigenvalue weighted by Crippen LogP contribution is 2.49. The maximum absolute atomic E-state index is 11.7. The molecule has 0 N–H and O–H groups in total. The molecule has 3 rings (SSSR count). The first-order valence-corrected chi connectivity index (χ1v) is 6.39. The van der Waals surface area contributed by atoms with Crippen LogP contribution in [0.2, 0.25) is 0 Å². The molecule has 0 aromatic carbocycles. The molecule has 1 aliphatic heterocycles. The predicted octanol–water partition coefficient (Wildman–Crippen LogP) is 3.60. The van der Waals surface area contributed by atoms with E-state index in [-0.39, 0.29) is 0 Å². The smallest absolute Gasteiger partial charge is 0.348 e. The molecule has 0 radical (unpaired) electrons. The molecular weight excluding hydrogens is 271 g/mol. The highest BCUT2D eigenvalue weighted by Gasteiger charge is 2.54. The number of carbonyl (C=O) groups is 1. The Labute approximate surface area is 115 Å². The molecule has 1 unspecified atom stereocenters. The summed E-state index contributed by atoms with van der Waals surface area (Å²) in [5, 5.41) is 0. The minimum absolute atomic E-state index is 0.413. The predicted molar refractivity (Wildman–Crippen MR) is 71.2 cm³/mol. The number of ether oxygens (including phenoxy) is 1. The van der Waals surface area contributed by atoms with Crippen molar-refractivity contribution in [2.24, 2.45) is 5.92 Å². The van der Waals surface area contributed by atoms with E-state index in [0.29, 0.717) is 12.2 Å². The van der Waals surface area contributed by atoms with Gasteiger partial charge in [0.1, 0.15) is 5.76 Å². The van der Waals surface area contributed by atoms with E-state index < -0.39 is 16.2 Å². The number of hydrogen-bond donors (Lipinski definition) is 0. The monoisotopic (exact) mass is 280 g/mol. The molecule has 0 aromatic rings. The fraction of sp³-hybridized carbons (Fsp3) is 0.214. The van der Waals surface area contributed by atoms with Crippen LogP contribution >= 0.6 is 23.2 Å². The first-order chi connectivity index (χ1) is 8.59. The topological polar surface area (TPSA) is 26.3 Å². The summed E-state index contributed by atoms with van der Waals surface area (Å²) in [5.41, 5.74) is 2.13. The van der Waals surface area contributed by atoms with Crippen LogP contribution in [-0.4, -0.2) is 10.3 Å². The fourth-order valence-corrected chi connectivity index (χ4v) is 2.94. The summed E-state index contributed by atoms with van der Waals surface area (Å²) >= 11 is 12.3. The van der Waals surface area contributed by atoms with Gasteiger partial charge in [-0.15, -0.1) is 0 Å². The van der Waals surface area contributed by atoms with E-state index in [0.717, 1.165) is 11.1 Å². The van der Waals surface area contributed by atoms with Crippen molar-refractivity contribution in [3.8, 4) is 0 Å². The number of fused-ring (bicyclic) bond motifs is 4. The normalized spacial score (nSPS) is 32.9. The van der Waals surface area contributed by atoms with E-state index in [9.17, 15) is 4.79 Å². The Morgan fingerprint density at radius 1 is 1.17 bits per heavy atom. The molecule has 2 bridgehead atoms. The van der Waals surface area contributed by atoms with Crippen LogP contribution in [0.15, 0.2) is 59.4 Å². The molecular formula is C14H10Cl2O2. The lowest BCUT2D eigenvalue weighted by molar-refractivity contribution is -0.136. The van der Waals surface area contributed by atoms with Gasteiger partial charge in [0, 0.05) is 0 Å². The second kappa shape index (κ2) is 4.15. The zero-order chi connectivity index (χ0) is 12.8. The van der Waals surface area contributed by atoms with E-state index in [1.165, 1.54) is 0 Å². The molecule has 2 aliphatic carbocycles. The minimum Gasteiger partial charge on any atom is -0.428 e. The summed E-state index contributed by atoms with van der Waals surface area (Å²) in [5.74, 6) is -0.497. The molecule has 2 nitrogen and oxygen atoms in total. The molecule has 18 heavy (non-hydrogen) atoms. The zero-order valence-corrected chi connectivity index (χ0v) is 10.9. The highest BCUT2D eigenvalue weighted by atomic mass is 35.5. The molecule has 3 aliphatic rings.